The van der Waals surface area contributed by atoms with E-state index in [0.717, 1.165) is 5.69 Å². The zero-order valence-corrected chi connectivity index (χ0v) is 11.0. The maximum atomic E-state index is 12.1. The van der Waals surface area contributed by atoms with Crippen molar-refractivity contribution in [1.82, 2.24) is 15.3 Å². The Morgan fingerprint density at radius 3 is 2.53 bits per heavy atom. The molecular formula is C13H23N3O. The third-order valence-corrected chi connectivity index (χ3v) is 2.48. The second-order valence-electron chi connectivity index (χ2n) is 4.83. The van der Waals surface area contributed by atoms with Crippen molar-refractivity contribution < 1.29 is 6.22 Å². The summed E-state index contributed by atoms with van der Waals surface area (Å²) >= 11 is 0. The lowest BCUT2D eigenvalue weighted by atomic mass is 9.97. The van der Waals surface area contributed by atoms with Crippen molar-refractivity contribution in [3.8, 4) is 0 Å². The molecule has 0 aliphatic carbocycles. The molecule has 1 heterocycles. The van der Waals surface area contributed by atoms with E-state index in [9.17, 15) is 4.79 Å². The van der Waals surface area contributed by atoms with Crippen molar-refractivity contribution in [2.45, 2.75) is 46.2 Å². The average Bonchev–Trinajstić information content (AvgIpc) is 2.28. The Morgan fingerprint density at radius 1 is 1.35 bits per heavy atom. The van der Waals surface area contributed by atoms with Crippen LogP contribution in [0.2, 0.25) is 0 Å². The molecule has 0 fully saturated rings. The number of nitrogens with one attached hydrogen (secondary N) is 1. The third-order valence-electron chi connectivity index (χ3n) is 2.48. The first-order valence-electron chi connectivity index (χ1n) is 6.05. The van der Waals surface area contributed by atoms with Gasteiger partial charge in [0.2, 0.25) is 0 Å². The van der Waals surface area contributed by atoms with E-state index in [4.69, 9.17) is 0 Å². The molecule has 96 valence electrons. The molecule has 1 atom stereocenters. The molecule has 0 spiro atoms. The molecule has 17 heavy (non-hydrogen) atoms. The zero-order valence-electron chi connectivity index (χ0n) is 11.0. The molecule has 0 saturated carbocycles. The number of nitrogens with zero attached hydrogens (tertiary/aromatic N) is 2. The summed E-state index contributed by atoms with van der Waals surface area (Å²) in [4.78, 5) is 20.3. The predicted molar refractivity (Wildman–Crippen MR) is 69.8 cm³/mol. The van der Waals surface area contributed by atoms with E-state index < -0.39 is 0 Å². The molecule has 4 nitrogen and oxygen atoms in total. The van der Waals surface area contributed by atoms with Crippen LogP contribution in [0.15, 0.2) is 18.6 Å². The number of carbonyl (C=O) groups is 1. The van der Waals surface area contributed by atoms with Gasteiger partial charge in [-0.1, -0.05) is 27.7 Å². The standard InChI is InChI=1S/C13H21N3O.H2/c1-9(2)13(17)12(16-10(3)4)7-11-8-14-5-6-15-11;/h5-6,8-10,12,16H,7H2,1-4H3;1H/t12-;/m0./s1. The van der Waals surface area contributed by atoms with E-state index in [-0.39, 0.29) is 25.2 Å². The molecule has 0 amide bonds. The minimum atomic E-state index is -0.174. The monoisotopic (exact) mass is 237 g/mol. The van der Waals surface area contributed by atoms with E-state index in [0.29, 0.717) is 6.42 Å². The van der Waals surface area contributed by atoms with Crippen LogP contribution in [-0.4, -0.2) is 27.8 Å². The first-order valence-corrected chi connectivity index (χ1v) is 6.05. The van der Waals surface area contributed by atoms with Crippen LogP contribution in [0, 0.1) is 5.92 Å². The van der Waals surface area contributed by atoms with Crippen LogP contribution >= 0.6 is 0 Å². The van der Waals surface area contributed by atoms with Crippen LogP contribution in [-0.2, 0) is 11.2 Å². The van der Waals surface area contributed by atoms with Crippen LogP contribution in [0.4, 0.5) is 0 Å². The number of aromatic nitrogens is 2. The van der Waals surface area contributed by atoms with Gasteiger partial charge in [-0.15, -0.1) is 0 Å². The third kappa shape index (κ3) is 4.61. The van der Waals surface area contributed by atoms with Crippen molar-refractivity contribution in [1.29, 1.82) is 0 Å². The highest BCUT2D eigenvalue weighted by atomic mass is 16.1. The largest absolute Gasteiger partial charge is 0.305 e. The Kier molecular flexibility index (Phi) is 5.22. The van der Waals surface area contributed by atoms with Crippen LogP contribution < -0.4 is 5.32 Å². The van der Waals surface area contributed by atoms with E-state index in [1.54, 1.807) is 18.6 Å². The van der Waals surface area contributed by atoms with Crippen LogP contribution in [0.3, 0.4) is 0 Å². The maximum Gasteiger partial charge on any atom is 0.152 e. The van der Waals surface area contributed by atoms with Gasteiger partial charge in [0.15, 0.2) is 5.78 Å². The zero-order chi connectivity index (χ0) is 12.8. The van der Waals surface area contributed by atoms with Crippen molar-refractivity contribution in [3.63, 3.8) is 0 Å². The lowest BCUT2D eigenvalue weighted by Gasteiger charge is -2.21. The van der Waals surface area contributed by atoms with Gasteiger partial charge >= 0.3 is 0 Å². The van der Waals surface area contributed by atoms with Crippen molar-refractivity contribution in [3.05, 3.63) is 24.3 Å². The van der Waals surface area contributed by atoms with Gasteiger partial charge in [0.25, 0.3) is 0 Å². The summed E-state index contributed by atoms with van der Waals surface area (Å²) in [5, 5.41) is 3.29. The first kappa shape index (κ1) is 13.8. The topological polar surface area (TPSA) is 54.9 Å². The van der Waals surface area contributed by atoms with Gasteiger partial charge in [-0.05, 0) is 0 Å². The fraction of sp³-hybridized carbons (Fsp3) is 0.615. The smallest absolute Gasteiger partial charge is 0.152 e. The Labute approximate surface area is 104 Å². The second-order valence-corrected chi connectivity index (χ2v) is 4.83. The van der Waals surface area contributed by atoms with Crippen LogP contribution in [0.1, 0.15) is 34.8 Å². The number of hydrogen-bond acceptors (Lipinski definition) is 4. The Bertz CT molecular complexity index is 355. The molecule has 1 N–H and O–H groups in total. The molecule has 0 aliphatic heterocycles. The quantitative estimate of drug-likeness (QED) is 0.820. The minimum absolute atomic E-state index is 0. The van der Waals surface area contributed by atoms with Crippen molar-refractivity contribution in [2.75, 3.05) is 0 Å². The van der Waals surface area contributed by atoms with Gasteiger partial charge in [0, 0.05) is 38.4 Å². The molecule has 4 heteroatoms. The number of ketones is 1. The molecular weight excluding hydrogens is 214 g/mol. The number of Topliss-reactive ketones (excluding diaryl/α,β-unsaturated/α-hetero) is 1. The normalized spacial score (nSPS) is 13.1. The first-order chi connectivity index (χ1) is 8.00. The lowest BCUT2D eigenvalue weighted by molar-refractivity contribution is -0.124. The molecule has 0 radical (unpaired) electrons. The predicted octanol–water partition coefficient (Wildman–Crippen LogP) is 1.86. The van der Waals surface area contributed by atoms with Crippen LogP contribution in [0.5, 0.6) is 0 Å². The summed E-state index contributed by atoms with van der Waals surface area (Å²) in [6.07, 6.45) is 5.60. The Balaban J connectivity index is 0.00000289. The van der Waals surface area contributed by atoms with Gasteiger partial charge in [-0.2, -0.15) is 0 Å². The summed E-state index contributed by atoms with van der Waals surface area (Å²) in [5.74, 6) is 0.257. The molecule has 1 aromatic heterocycles. The number of rotatable bonds is 6. The number of carbonyl (C=O) groups excluding carboxylic acids is 1. The SMILES string of the molecule is CC(C)N[C@@H](Cc1cnccn1)C(=O)C(C)C.[HH]. The maximum absolute atomic E-state index is 12.1. The molecule has 0 bridgehead atoms. The van der Waals surface area contributed by atoms with Gasteiger partial charge in [0.05, 0.1) is 11.7 Å². The average molecular weight is 237 g/mol. The van der Waals surface area contributed by atoms with Crippen LogP contribution in [0.25, 0.3) is 0 Å². The second kappa shape index (κ2) is 6.45. The summed E-state index contributed by atoms with van der Waals surface area (Å²) in [5.41, 5.74) is 0.847. The fourth-order valence-electron chi connectivity index (χ4n) is 1.69. The number of hydrogen-bond donors (Lipinski definition) is 1. The van der Waals surface area contributed by atoms with E-state index in [2.05, 4.69) is 15.3 Å². The molecule has 0 aliphatic rings. The molecule has 0 aromatic carbocycles. The lowest BCUT2D eigenvalue weighted by Crippen LogP contribution is -2.44. The highest BCUT2D eigenvalue weighted by molar-refractivity contribution is 5.86. The Hall–Kier alpha value is -1.29. The molecule has 1 aromatic rings. The van der Waals surface area contributed by atoms with Gasteiger partial charge in [-0.25, -0.2) is 0 Å². The highest BCUT2D eigenvalue weighted by Gasteiger charge is 2.22. The molecule has 1 rings (SSSR count). The summed E-state index contributed by atoms with van der Waals surface area (Å²) in [6, 6.07) is 0.103. The summed E-state index contributed by atoms with van der Waals surface area (Å²) < 4.78 is 0. The van der Waals surface area contributed by atoms with E-state index in [1.807, 2.05) is 27.7 Å². The summed E-state index contributed by atoms with van der Waals surface area (Å²) in [6.45, 7) is 7.93. The highest BCUT2D eigenvalue weighted by Crippen LogP contribution is 2.06. The minimum Gasteiger partial charge on any atom is -0.305 e. The van der Waals surface area contributed by atoms with E-state index >= 15 is 0 Å². The fourth-order valence-corrected chi connectivity index (χ4v) is 1.69. The van der Waals surface area contributed by atoms with Gasteiger partial charge in [0.1, 0.15) is 0 Å². The van der Waals surface area contributed by atoms with Gasteiger partial charge < -0.3 is 5.32 Å². The van der Waals surface area contributed by atoms with Crippen molar-refractivity contribution in [2.24, 2.45) is 5.92 Å². The summed E-state index contributed by atoms with van der Waals surface area (Å²) in [7, 11) is 0. The van der Waals surface area contributed by atoms with Gasteiger partial charge in [-0.3, -0.25) is 14.8 Å². The molecule has 0 saturated heterocycles. The van der Waals surface area contributed by atoms with Crippen molar-refractivity contribution >= 4 is 5.78 Å². The molecule has 0 unspecified atom stereocenters. The Morgan fingerprint density at radius 2 is 2.06 bits per heavy atom. The van der Waals surface area contributed by atoms with E-state index in [1.165, 1.54) is 0 Å².